The number of hydrogen-bond donors (Lipinski definition) is 1. The molecule has 0 amide bonds. The van der Waals surface area contributed by atoms with E-state index < -0.39 is 11.4 Å². The Morgan fingerprint density at radius 2 is 2.00 bits per heavy atom. The van der Waals surface area contributed by atoms with E-state index in [1.165, 1.54) is 0 Å². The summed E-state index contributed by atoms with van der Waals surface area (Å²) in [7, 11) is 0. The fraction of sp³-hybridized carbons (Fsp3) is 0.429. The van der Waals surface area contributed by atoms with E-state index in [1.54, 1.807) is 12.1 Å². The highest BCUT2D eigenvalue weighted by Gasteiger charge is 2.54. The second-order valence-electron chi connectivity index (χ2n) is 4.97. The summed E-state index contributed by atoms with van der Waals surface area (Å²) in [6.07, 6.45) is 2.48. The molecule has 0 aromatic heterocycles. The Hall–Kier alpha value is -1.48. The Morgan fingerprint density at radius 1 is 1.24 bits per heavy atom. The lowest BCUT2D eigenvalue weighted by Gasteiger charge is -2.41. The zero-order valence-corrected chi connectivity index (χ0v) is 9.48. The van der Waals surface area contributed by atoms with E-state index in [1.807, 2.05) is 12.1 Å². The van der Waals surface area contributed by atoms with Gasteiger partial charge in [0.1, 0.15) is 0 Å². The molecule has 1 aromatic rings. The van der Waals surface area contributed by atoms with Crippen molar-refractivity contribution in [2.75, 3.05) is 0 Å². The zero-order valence-electron chi connectivity index (χ0n) is 9.48. The fourth-order valence-electron chi connectivity index (χ4n) is 3.09. The molecule has 0 bridgehead atoms. The lowest BCUT2D eigenvalue weighted by atomic mass is 9.64. The highest BCUT2D eigenvalue weighted by molar-refractivity contribution is 6.19. The monoisotopic (exact) mass is 230 g/mol. The predicted octanol–water partition coefficient (Wildman–Crippen LogP) is 1.53. The molecule has 1 aromatic carbocycles. The van der Waals surface area contributed by atoms with Crippen LogP contribution in [-0.2, 0) is 11.2 Å². The molecule has 1 N–H and O–H groups in total. The maximum absolute atomic E-state index is 12.3. The number of carbonyl (C=O) groups excluding carboxylic acids is 2. The highest BCUT2D eigenvalue weighted by Crippen LogP contribution is 2.40. The molecular weight excluding hydrogens is 216 g/mol. The molecule has 88 valence electrons. The van der Waals surface area contributed by atoms with Crippen LogP contribution in [0.15, 0.2) is 24.3 Å². The first-order valence-corrected chi connectivity index (χ1v) is 6.02. The third-order valence-electron chi connectivity index (χ3n) is 4.05. The maximum Gasteiger partial charge on any atom is 0.202 e. The molecule has 3 rings (SSSR count). The average molecular weight is 230 g/mol. The Morgan fingerprint density at radius 3 is 2.82 bits per heavy atom. The quantitative estimate of drug-likeness (QED) is 0.687. The Labute approximate surface area is 99.5 Å². The molecule has 0 aliphatic heterocycles. The number of ketones is 2. The van der Waals surface area contributed by atoms with Crippen LogP contribution in [0.3, 0.4) is 0 Å². The van der Waals surface area contributed by atoms with E-state index in [-0.39, 0.29) is 11.7 Å². The second-order valence-corrected chi connectivity index (χ2v) is 4.97. The minimum Gasteiger partial charge on any atom is -0.374 e. The predicted molar refractivity (Wildman–Crippen MR) is 61.8 cm³/mol. The van der Waals surface area contributed by atoms with Crippen LogP contribution in [-0.4, -0.2) is 22.3 Å². The van der Waals surface area contributed by atoms with Crippen molar-refractivity contribution in [3.63, 3.8) is 0 Å². The Kier molecular flexibility index (Phi) is 2.20. The van der Waals surface area contributed by atoms with Gasteiger partial charge in [0, 0.05) is 17.9 Å². The van der Waals surface area contributed by atoms with Gasteiger partial charge in [-0.15, -0.1) is 0 Å². The molecule has 0 heterocycles. The number of aliphatic hydroxyl groups is 1. The number of fused-ring (bicyclic) bond motifs is 2. The van der Waals surface area contributed by atoms with Gasteiger partial charge < -0.3 is 5.11 Å². The zero-order chi connectivity index (χ0) is 12.0. The van der Waals surface area contributed by atoms with Gasteiger partial charge in [-0.25, -0.2) is 0 Å². The minimum absolute atomic E-state index is 0.230. The fourth-order valence-corrected chi connectivity index (χ4v) is 3.09. The van der Waals surface area contributed by atoms with Crippen LogP contribution in [0.4, 0.5) is 0 Å². The molecule has 3 heteroatoms. The molecule has 1 saturated carbocycles. The molecule has 3 nitrogen and oxygen atoms in total. The van der Waals surface area contributed by atoms with E-state index in [2.05, 4.69) is 0 Å². The van der Waals surface area contributed by atoms with E-state index in [0.29, 0.717) is 18.4 Å². The number of Topliss-reactive ketones (excluding diaryl/α,β-unsaturated/α-hetero) is 2. The number of benzene rings is 1. The van der Waals surface area contributed by atoms with Crippen LogP contribution in [0.5, 0.6) is 0 Å². The number of hydrogen-bond acceptors (Lipinski definition) is 3. The lowest BCUT2D eigenvalue weighted by molar-refractivity contribution is -0.141. The molecular formula is C14H14O3. The normalized spacial score (nSPS) is 31.9. The minimum atomic E-state index is -1.74. The SMILES string of the molecule is O=C1CCC[C@H]2Cc3ccccc3C(=O)[C@@]12O. The van der Waals surface area contributed by atoms with E-state index >= 15 is 0 Å². The van der Waals surface area contributed by atoms with Crippen LogP contribution in [0.1, 0.15) is 35.2 Å². The van der Waals surface area contributed by atoms with Crippen molar-refractivity contribution in [1.29, 1.82) is 0 Å². The third kappa shape index (κ3) is 1.32. The summed E-state index contributed by atoms with van der Waals surface area (Å²) in [6.45, 7) is 0. The Bertz CT molecular complexity index is 506. The molecule has 2 aliphatic carbocycles. The van der Waals surface area contributed by atoms with Gasteiger partial charge in [-0.05, 0) is 24.8 Å². The summed E-state index contributed by atoms with van der Waals surface area (Å²) in [5.41, 5.74) is -0.268. The van der Waals surface area contributed by atoms with Crippen molar-refractivity contribution in [3.8, 4) is 0 Å². The smallest absolute Gasteiger partial charge is 0.202 e. The van der Waals surface area contributed by atoms with Gasteiger partial charge in [0.15, 0.2) is 11.4 Å². The summed E-state index contributed by atoms with van der Waals surface area (Å²) >= 11 is 0. The van der Waals surface area contributed by atoms with Gasteiger partial charge in [0.25, 0.3) is 0 Å². The van der Waals surface area contributed by atoms with Gasteiger partial charge in [-0.3, -0.25) is 9.59 Å². The van der Waals surface area contributed by atoms with Gasteiger partial charge in [-0.1, -0.05) is 24.3 Å². The van der Waals surface area contributed by atoms with Crippen molar-refractivity contribution in [1.82, 2.24) is 0 Å². The van der Waals surface area contributed by atoms with Gasteiger partial charge in [0.05, 0.1) is 0 Å². The molecule has 1 fully saturated rings. The molecule has 0 spiro atoms. The van der Waals surface area contributed by atoms with E-state index in [0.717, 1.165) is 18.4 Å². The summed E-state index contributed by atoms with van der Waals surface area (Å²) in [4.78, 5) is 24.2. The first-order chi connectivity index (χ1) is 8.14. The molecule has 17 heavy (non-hydrogen) atoms. The summed E-state index contributed by atoms with van der Waals surface area (Å²) in [6, 6.07) is 7.27. The summed E-state index contributed by atoms with van der Waals surface area (Å²) in [5.74, 6) is -0.923. The van der Waals surface area contributed by atoms with Crippen molar-refractivity contribution < 1.29 is 14.7 Å². The van der Waals surface area contributed by atoms with Crippen molar-refractivity contribution in [2.45, 2.75) is 31.3 Å². The largest absolute Gasteiger partial charge is 0.374 e. The molecule has 0 unspecified atom stereocenters. The number of carbonyl (C=O) groups is 2. The van der Waals surface area contributed by atoms with Crippen molar-refractivity contribution in [2.24, 2.45) is 5.92 Å². The van der Waals surface area contributed by atoms with Crippen molar-refractivity contribution in [3.05, 3.63) is 35.4 Å². The van der Waals surface area contributed by atoms with Crippen LogP contribution in [0, 0.1) is 5.92 Å². The molecule has 2 atom stereocenters. The molecule has 0 saturated heterocycles. The first-order valence-electron chi connectivity index (χ1n) is 6.02. The van der Waals surface area contributed by atoms with Gasteiger partial charge in [-0.2, -0.15) is 0 Å². The number of rotatable bonds is 0. The van der Waals surface area contributed by atoms with Gasteiger partial charge in [0.2, 0.25) is 5.78 Å². The van der Waals surface area contributed by atoms with E-state index in [4.69, 9.17) is 0 Å². The average Bonchev–Trinajstić information content (AvgIpc) is 2.34. The van der Waals surface area contributed by atoms with Crippen LogP contribution < -0.4 is 0 Å². The second kappa shape index (κ2) is 3.50. The lowest BCUT2D eigenvalue weighted by Crippen LogP contribution is -2.57. The van der Waals surface area contributed by atoms with Crippen LogP contribution >= 0.6 is 0 Å². The third-order valence-corrected chi connectivity index (χ3v) is 4.05. The van der Waals surface area contributed by atoms with Crippen LogP contribution in [0.25, 0.3) is 0 Å². The topological polar surface area (TPSA) is 54.4 Å². The summed E-state index contributed by atoms with van der Waals surface area (Å²) < 4.78 is 0. The standard InChI is InChI=1S/C14H14O3/c15-12-7-3-5-10-8-9-4-1-2-6-11(9)13(16)14(10,12)17/h1-2,4,6,10,17H,3,5,7-8H2/t10-,14-/m0/s1. The van der Waals surface area contributed by atoms with E-state index in [9.17, 15) is 14.7 Å². The van der Waals surface area contributed by atoms with Crippen LogP contribution in [0.2, 0.25) is 0 Å². The first kappa shape index (κ1) is 10.7. The molecule has 2 aliphatic rings. The summed E-state index contributed by atoms with van der Waals surface area (Å²) in [5, 5.41) is 10.5. The highest BCUT2D eigenvalue weighted by atomic mass is 16.3. The van der Waals surface area contributed by atoms with Gasteiger partial charge >= 0.3 is 0 Å². The molecule has 0 radical (unpaired) electrons. The maximum atomic E-state index is 12.3. The van der Waals surface area contributed by atoms with Crippen molar-refractivity contribution >= 4 is 11.6 Å². The Balaban J connectivity index is 2.15.